The van der Waals surface area contributed by atoms with E-state index in [1.807, 2.05) is 24.3 Å². The lowest BCUT2D eigenvalue weighted by Gasteiger charge is -2.29. The number of halogens is 1. The van der Waals surface area contributed by atoms with Gasteiger partial charge in [0.1, 0.15) is 24.4 Å². The fourth-order valence-electron chi connectivity index (χ4n) is 6.55. The van der Waals surface area contributed by atoms with Crippen LogP contribution in [0.15, 0.2) is 52.2 Å². The number of unbranched alkanes of at least 4 members (excludes halogenated alkanes) is 4. The number of fused-ring (bicyclic) bond motifs is 2. The minimum Gasteiger partial charge on any atom is -0.497 e. The molecule has 18 heteroatoms. The summed E-state index contributed by atoms with van der Waals surface area (Å²) in [5.74, 6) is -0.684. The Labute approximate surface area is 359 Å². The monoisotopic (exact) mass is 867 g/mol. The molecule has 0 aliphatic heterocycles. The number of aromatic amines is 1. The minimum atomic E-state index is -0.817. The molecule has 5 N–H and O–H groups in total. The normalized spacial score (nSPS) is 11.9. The summed E-state index contributed by atoms with van der Waals surface area (Å²) >= 11 is 6.73. The predicted molar refractivity (Wildman–Crippen MR) is 234 cm³/mol. The van der Waals surface area contributed by atoms with Gasteiger partial charge in [-0.3, -0.25) is 28.7 Å². The lowest BCUT2D eigenvalue weighted by molar-refractivity contribution is -0.149. The molecule has 0 aliphatic rings. The Hall–Kier alpha value is -5.52. The first kappa shape index (κ1) is 48.1. The lowest BCUT2D eigenvalue weighted by Crippen LogP contribution is -2.51. The number of carbonyl (C=O) groups is 4. The summed E-state index contributed by atoms with van der Waals surface area (Å²) in [5.41, 5.74) is 5.91. The van der Waals surface area contributed by atoms with E-state index in [-0.39, 0.29) is 25.5 Å². The van der Waals surface area contributed by atoms with Gasteiger partial charge in [0.15, 0.2) is 5.78 Å². The fourth-order valence-corrected chi connectivity index (χ4v) is 6.77. The summed E-state index contributed by atoms with van der Waals surface area (Å²) in [4.78, 5) is 84.6. The Bertz CT molecular complexity index is 2260. The highest BCUT2D eigenvalue weighted by molar-refractivity contribution is 6.35. The van der Waals surface area contributed by atoms with Crippen molar-refractivity contribution < 1.29 is 38.1 Å². The number of H-pyrrole nitrogens is 1. The maximum Gasteiger partial charge on any atom is 0.408 e. The van der Waals surface area contributed by atoms with Crippen LogP contribution in [0, 0.1) is 0 Å². The number of hydrogen-bond donors (Lipinski definition) is 4. The number of carbonyl (C=O) groups excluding carboxylic acids is 4. The van der Waals surface area contributed by atoms with E-state index >= 15 is 0 Å². The maximum atomic E-state index is 13.8. The second-order valence-electron chi connectivity index (χ2n) is 15.4. The van der Waals surface area contributed by atoms with Crippen LogP contribution in [0.4, 0.5) is 10.5 Å². The summed E-state index contributed by atoms with van der Waals surface area (Å²) in [7, 11) is 1.58. The number of esters is 1. The van der Waals surface area contributed by atoms with Crippen molar-refractivity contribution in [1.29, 1.82) is 0 Å². The third kappa shape index (κ3) is 14.9. The first-order valence-corrected chi connectivity index (χ1v) is 20.9. The van der Waals surface area contributed by atoms with E-state index in [1.54, 1.807) is 40.9 Å². The van der Waals surface area contributed by atoms with Crippen LogP contribution in [0.5, 0.6) is 5.75 Å². The second kappa shape index (κ2) is 23.5. The van der Waals surface area contributed by atoms with Crippen LogP contribution >= 0.6 is 11.6 Å². The van der Waals surface area contributed by atoms with E-state index in [0.29, 0.717) is 76.4 Å². The zero-order chi connectivity index (χ0) is 44.5. The molecule has 2 amide bonds. The van der Waals surface area contributed by atoms with E-state index in [2.05, 4.69) is 15.6 Å². The summed E-state index contributed by atoms with van der Waals surface area (Å²) in [6.07, 6.45) is 5.39. The van der Waals surface area contributed by atoms with Crippen molar-refractivity contribution in [2.75, 3.05) is 58.4 Å². The number of methoxy groups -OCH3 is 1. The van der Waals surface area contributed by atoms with Crippen LogP contribution in [0.2, 0.25) is 5.02 Å². The van der Waals surface area contributed by atoms with Crippen LogP contribution in [-0.4, -0.2) is 108 Å². The van der Waals surface area contributed by atoms with Crippen LogP contribution < -0.4 is 32.4 Å². The Morgan fingerprint density at radius 2 is 1.77 bits per heavy atom. The number of Topliss-reactive ketones (excluding diaryl/α,β-unsaturated/α-hetero) is 1. The molecule has 17 nitrogen and oxygen atoms in total. The van der Waals surface area contributed by atoms with Gasteiger partial charge in [0.2, 0.25) is 5.91 Å². The van der Waals surface area contributed by atoms with E-state index in [1.165, 1.54) is 6.20 Å². The molecule has 0 spiro atoms. The van der Waals surface area contributed by atoms with Gasteiger partial charge in [-0.15, -0.1) is 0 Å². The van der Waals surface area contributed by atoms with Crippen LogP contribution in [0.1, 0.15) is 83.0 Å². The summed E-state index contributed by atoms with van der Waals surface area (Å²) in [6, 6.07) is 9.38. The summed E-state index contributed by atoms with van der Waals surface area (Å²) in [6.45, 7) is 7.13. The first-order valence-electron chi connectivity index (χ1n) is 20.5. The Morgan fingerprint density at radius 3 is 2.48 bits per heavy atom. The van der Waals surface area contributed by atoms with Crippen LogP contribution in [0.3, 0.4) is 0 Å². The maximum absolute atomic E-state index is 13.8. The van der Waals surface area contributed by atoms with Gasteiger partial charge in [0, 0.05) is 54.7 Å². The quantitative estimate of drug-likeness (QED) is 0.0308. The number of nitrogens with one attached hydrogen (secondary N) is 3. The molecule has 0 saturated heterocycles. The number of alkyl carbamates (subject to hydrolysis) is 1. The molecule has 2 aromatic heterocycles. The van der Waals surface area contributed by atoms with Gasteiger partial charge >= 0.3 is 17.8 Å². The first-order chi connectivity index (χ1) is 29.1. The molecule has 0 aliphatic carbocycles. The smallest absolute Gasteiger partial charge is 0.408 e. The SMILES string of the molecule is CCOC(=O)CN(CC(COCCCCCNc1c(Cl)ccc2c(C(=O)CCCCCN)c3cc(OC)ccc3nc12)NC(=O)OC(C)(C)C)C(=O)Cn1ccc(=O)[nH]c1=O. The third-order valence-electron chi connectivity index (χ3n) is 9.42. The molecule has 4 aromatic rings. The summed E-state index contributed by atoms with van der Waals surface area (Å²) < 4.78 is 23.0. The van der Waals surface area contributed by atoms with Crippen molar-refractivity contribution in [3.05, 3.63) is 74.0 Å². The third-order valence-corrected chi connectivity index (χ3v) is 9.73. The molecule has 4 rings (SSSR count). The number of anilines is 1. The van der Waals surface area contributed by atoms with E-state index in [9.17, 15) is 28.8 Å². The highest BCUT2D eigenvalue weighted by Crippen LogP contribution is 2.37. The number of amides is 2. The van der Waals surface area contributed by atoms with Crippen molar-refractivity contribution in [2.24, 2.45) is 5.73 Å². The largest absolute Gasteiger partial charge is 0.497 e. The van der Waals surface area contributed by atoms with Crippen molar-refractivity contribution in [3.8, 4) is 5.75 Å². The number of hydrogen-bond acceptors (Lipinski definition) is 13. The Morgan fingerprint density at radius 1 is 1.00 bits per heavy atom. The molecular formula is C43H58ClN7O10. The van der Waals surface area contributed by atoms with Gasteiger partial charge in [-0.2, -0.15) is 0 Å². The predicted octanol–water partition coefficient (Wildman–Crippen LogP) is 5.19. The van der Waals surface area contributed by atoms with E-state index in [4.69, 9.17) is 41.3 Å². The average Bonchev–Trinajstić information content (AvgIpc) is 3.20. The average molecular weight is 868 g/mol. The number of rotatable bonds is 24. The van der Waals surface area contributed by atoms with Gasteiger partial charge in [-0.1, -0.05) is 24.1 Å². The van der Waals surface area contributed by atoms with Gasteiger partial charge in [-0.05, 0) is 90.6 Å². The van der Waals surface area contributed by atoms with Crippen LogP contribution in [0.25, 0.3) is 21.8 Å². The standard InChI is InChI=1S/C43H58ClN7O10/c1-6-60-37(55)26-51(36(54)25-50-21-18-35(53)49-41(50)56)24-28(47-42(57)61-43(2,3)4)27-59-22-12-8-11-20-46-40-32(44)16-15-30-38(34(52)13-9-7-10-19-45)31-23-29(58-5)14-17-33(31)48-39(30)40/h14-18,21,23,28,46H,6-13,19-20,22,24-27,45H2,1-5H3,(H,47,57)(H,49,53,56). The Kier molecular flexibility index (Phi) is 18.5. The van der Waals surface area contributed by atoms with E-state index in [0.717, 1.165) is 47.6 Å². The number of ketones is 1. The second-order valence-corrected chi connectivity index (χ2v) is 15.8. The molecule has 332 valence electrons. The molecule has 1 atom stereocenters. The zero-order valence-corrected chi connectivity index (χ0v) is 36.4. The van der Waals surface area contributed by atoms with Gasteiger partial charge in [0.05, 0.1) is 48.1 Å². The number of benzene rings is 2. The minimum absolute atomic E-state index is 0.0143. The van der Waals surface area contributed by atoms with Gasteiger partial charge in [-0.25, -0.2) is 14.6 Å². The highest BCUT2D eigenvalue weighted by Gasteiger charge is 2.26. The molecule has 0 radical (unpaired) electrons. The van der Waals surface area contributed by atoms with Crippen molar-refractivity contribution in [1.82, 2.24) is 24.8 Å². The highest BCUT2D eigenvalue weighted by atomic mass is 35.5. The van der Waals surface area contributed by atoms with Crippen molar-refractivity contribution in [2.45, 2.75) is 90.8 Å². The molecule has 0 fully saturated rings. The topological polar surface area (TPSA) is 226 Å². The molecule has 1 unspecified atom stereocenters. The lowest BCUT2D eigenvalue weighted by atomic mass is 9.95. The molecule has 0 bridgehead atoms. The van der Waals surface area contributed by atoms with Crippen LogP contribution in [-0.2, 0) is 30.3 Å². The number of aromatic nitrogens is 3. The number of nitrogens with two attached hydrogens (primary N) is 1. The molecule has 2 heterocycles. The van der Waals surface area contributed by atoms with Gasteiger partial charge in [0.25, 0.3) is 5.56 Å². The zero-order valence-electron chi connectivity index (χ0n) is 35.6. The van der Waals surface area contributed by atoms with E-state index < -0.39 is 54.0 Å². The van der Waals surface area contributed by atoms with Crippen molar-refractivity contribution >= 4 is 62.8 Å². The van der Waals surface area contributed by atoms with Crippen molar-refractivity contribution in [3.63, 3.8) is 0 Å². The molecule has 0 saturated carbocycles. The molecule has 61 heavy (non-hydrogen) atoms. The number of nitrogens with zero attached hydrogens (tertiary/aromatic N) is 3. The molecule has 2 aromatic carbocycles. The summed E-state index contributed by atoms with van der Waals surface area (Å²) in [5, 5.41) is 8.06. The molecular weight excluding hydrogens is 810 g/mol. The number of pyridine rings is 1. The fraction of sp³-hybridized carbons (Fsp3) is 0.512. The van der Waals surface area contributed by atoms with Gasteiger partial charge < -0.3 is 40.2 Å². The Balaban J connectivity index is 1.41. The number of ether oxygens (including phenoxy) is 4.